The molecule has 1 aliphatic heterocycles. The van der Waals surface area contributed by atoms with Gasteiger partial charge < -0.3 is 40.3 Å². The summed E-state index contributed by atoms with van der Waals surface area (Å²) in [5.41, 5.74) is 0. The Kier molecular flexibility index (Phi) is 51.5. The Balaban J connectivity index is 2.12. The lowest BCUT2D eigenvalue weighted by molar-refractivity contribution is -0.302. The maximum atomic E-state index is 13.1. The fourth-order valence-corrected chi connectivity index (χ4v) is 10.9. The molecule has 72 heavy (non-hydrogen) atoms. The first-order valence-electron chi connectivity index (χ1n) is 32.2. The van der Waals surface area contributed by atoms with Crippen LogP contribution in [-0.4, -0.2) is 87.5 Å². The Morgan fingerprint density at radius 2 is 0.694 bits per heavy atom. The molecule has 6 N–H and O–H groups in total. The number of nitrogens with one attached hydrogen (secondary N) is 1. The first-order valence-corrected chi connectivity index (χ1v) is 32.2. The van der Waals surface area contributed by atoms with E-state index in [-0.39, 0.29) is 12.5 Å². The van der Waals surface area contributed by atoms with Crippen molar-refractivity contribution < 1.29 is 39.8 Å². The molecule has 0 aromatic carbocycles. The van der Waals surface area contributed by atoms with Gasteiger partial charge in [-0.1, -0.05) is 322 Å². The van der Waals surface area contributed by atoms with Crippen molar-refractivity contribution in [3.63, 3.8) is 0 Å². The van der Waals surface area contributed by atoms with Crippen LogP contribution in [0.5, 0.6) is 0 Å². The zero-order chi connectivity index (χ0) is 52.2. The average Bonchev–Trinajstić information content (AvgIpc) is 3.38. The minimum Gasteiger partial charge on any atom is -0.394 e. The molecule has 0 bridgehead atoms. The second-order valence-electron chi connectivity index (χ2n) is 22.9. The number of unbranched alkanes of at least 4 members (excludes halogenated alkanes) is 47. The molecule has 7 atom stereocenters. The van der Waals surface area contributed by atoms with Crippen LogP contribution in [-0.2, 0) is 14.3 Å². The van der Waals surface area contributed by atoms with E-state index < -0.39 is 49.5 Å². The van der Waals surface area contributed by atoms with Crippen LogP contribution < -0.4 is 5.32 Å². The first kappa shape index (κ1) is 69.2. The lowest BCUT2D eigenvalue weighted by atomic mass is 9.99. The van der Waals surface area contributed by atoms with Crippen molar-refractivity contribution in [3.8, 4) is 0 Å². The molecule has 1 heterocycles. The van der Waals surface area contributed by atoms with Crippen LogP contribution in [0.25, 0.3) is 0 Å². The smallest absolute Gasteiger partial charge is 0.220 e. The molecule has 0 aromatic rings. The van der Waals surface area contributed by atoms with E-state index in [2.05, 4.69) is 19.2 Å². The van der Waals surface area contributed by atoms with Gasteiger partial charge in [0.15, 0.2) is 6.29 Å². The van der Waals surface area contributed by atoms with Crippen LogP contribution in [0, 0.1) is 0 Å². The number of rotatable bonds is 57. The fourth-order valence-electron chi connectivity index (χ4n) is 10.9. The molecule has 0 aliphatic carbocycles. The second kappa shape index (κ2) is 53.6. The summed E-state index contributed by atoms with van der Waals surface area (Å²) in [6.07, 6.45) is 58.7. The third-order valence-corrected chi connectivity index (χ3v) is 16.0. The van der Waals surface area contributed by atoms with Gasteiger partial charge in [-0.05, 0) is 12.8 Å². The van der Waals surface area contributed by atoms with Gasteiger partial charge in [0.2, 0.25) is 5.91 Å². The molecule has 1 saturated heterocycles. The highest BCUT2D eigenvalue weighted by molar-refractivity contribution is 5.76. The monoisotopic (exact) mass is 1020 g/mol. The molecule has 1 aliphatic rings. The Labute approximate surface area is 446 Å². The zero-order valence-electron chi connectivity index (χ0n) is 48.0. The van der Waals surface area contributed by atoms with E-state index in [0.29, 0.717) is 12.8 Å². The average molecular weight is 1020 g/mol. The zero-order valence-corrected chi connectivity index (χ0v) is 48.0. The third kappa shape index (κ3) is 42.3. The van der Waals surface area contributed by atoms with Gasteiger partial charge in [0.05, 0.1) is 25.4 Å². The Morgan fingerprint density at radius 1 is 0.417 bits per heavy atom. The van der Waals surface area contributed by atoms with E-state index in [0.717, 1.165) is 38.5 Å². The van der Waals surface area contributed by atoms with Crippen molar-refractivity contribution in [2.24, 2.45) is 0 Å². The molecule has 0 saturated carbocycles. The molecule has 430 valence electrons. The topological polar surface area (TPSA) is 149 Å². The number of ether oxygens (including phenoxy) is 2. The molecule has 1 amide bonds. The molecule has 1 fully saturated rings. The molecule has 1 rings (SSSR count). The summed E-state index contributed by atoms with van der Waals surface area (Å²) in [7, 11) is 0. The summed E-state index contributed by atoms with van der Waals surface area (Å²) in [5.74, 6) is -0.135. The van der Waals surface area contributed by atoms with Crippen LogP contribution >= 0.6 is 0 Å². The van der Waals surface area contributed by atoms with Crippen molar-refractivity contribution in [2.75, 3.05) is 13.2 Å². The molecule has 7 unspecified atom stereocenters. The molecular formula is C63H125NO8. The SMILES string of the molecule is CCCCCCCCCCCCCCCCCCCCCCCCCCCCCCCC(O)C(COC1OC(CO)C(O)C(O)C1O)NC(=O)CCCCCCCCCCCCCCCCCCCCCC. The van der Waals surface area contributed by atoms with E-state index >= 15 is 0 Å². The maximum Gasteiger partial charge on any atom is 0.220 e. The van der Waals surface area contributed by atoms with E-state index in [1.54, 1.807) is 0 Å². The largest absolute Gasteiger partial charge is 0.394 e. The number of amides is 1. The molecule has 0 spiro atoms. The van der Waals surface area contributed by atoms with Crippen molar-refractivity contribution in [1.29, 1.82) is 0 Å². The normalized spacial score (nSPS) is 19.0. The quantitative estimate of drug-likeness (QED) is 0.0330. The number of hydrogen-bond donors (Lipinski definition) is 6. The highest BCUT2D eigenvalue weighted by Crippen LogP contribution is 2.24. The number of carbonyl (C=O) groups is 1. The Bertz CT molecular complexity index is 1100. The fraction of sp³-hybridized carbons (Fsp3) is 0.984. The predicted molar refractivity (Wildman–Crippen MR) is 304 cm³/mol. The van der Waals surface area contributed by atoms with Gasteiger partial charge in [-0.25, -0.2) is 0 Å². The number of hydrogen-bond acceptors (Lipinski definition) is 8. The maximum absolute atomic E-state index is 13.1. The van der Waals surface area contributed by atoms with Crippen molar-refractivity contribution in [3.05, 3.63) is 0 Å². The predicted octanol–water partition coefficient (Wildman–Crippen LogP) is 16.6. The van der Waals surface area contributed by atoms with Crippen molar-refractivity contribution >= 4 is 5.91 Å². The van der Waals surface area contributed by atoms with Crippen LogP contribution in [0.4, 0.5) is 0 Å². The summed E-state index contributed by atoms with van der Waals surface area (Å²) in [6, 6.07) is -0.714. The summed E-state index contributed by atoms with van der Waals surface area (Å²) in [6.45, 7) is 3.90. The first-order chi connectivity index (χ1) is 35.3. The molecular weight excluding hydrogens is 899 g/mol. The molecule has 9 heteroatoms. The molecule has 9 nitrogen and oxygen atoms in total. The van der Waals surface area contributed by atoms with Gasteiger partial charge >= 0.3 is 0 Å². The molecule has 0 radical (unpaired) electrons. The molecule has 0 aromatic heterocycles. The number of carbonyl (C=O) groups excluding carboxylic acids is 1. The highest BCUT2D eigenvalue weighted by atomic mass is 16.7. The van der Waals surface area contributed by atoms with Crippen molar-refractivity contribution in [2.45, 2.75) is 384 Å². The van der Waals surface area contributed by atoms with Crippen LogP contribution in [0.2, 0.25) is 0 Å². The van der Waals surface area contributed by atoms with Crippen LogP contribution in [0.15, 0.2) is 0 Å². The van der Waals surface area contributed by atoms with Crippen LogP contribution in [0.1, 0.15) is 341 Å². The van der Waals surface area contributed by atoms with Crippen molar-refractivity contribution in [1.82, 2.24) is 5.32 Å². The van der Waals surface area contributed by atoms with E-state index in [9.17, 15) is 30.3 Å². The van der Waals surface area contributed by atoms with E-state index in [1.807, 2.05) is 0 Å². The van der Waals surface area contributed by atoms with Gasteiger partial charge in [-0.3, -0.25) is 4.79 Å². The third-order valence-electron chi connectivity index (χ3n) is 16.0. The van der Waals surface area contributed by atoms with Gasteiger partial charge in [0, 0.05) is 6.42 Å². The van der Waals surface area contributed by atoms with Crippen LogP contribution in [0.3, 0.4) is 0 Å². The summed E-state index contributed by atoms with van der Waals surface area (Å²) < 4.78 is 11.4. The second-order valence-corrected chi connectivity index (χ2v) is 22.9. The van der Waals surface area contributed by atoms with Gasteiger partial charge in [0.25, 0.3) is 0 Å². The minimum absolute atomic E-state index is 0.131. The van der Waals surface area contributed by atoms with Gasteiger partial charge in [-0.2, -0.15) is 0 Å². The summed E-state index contributed by atoms with van der Waals surface area (Å²) in [4.78, 5) is 13.1. The Morgan fingerprint density at radius 3 is 0.986 bits per heavy atom. The summed E-state index contributed by atoms with van der Waals surface area (Å²) >= 11 is 0. The Hall–Kier alpha value is -0.810. The van der Waals surface area contributed by atoms with E-state index in [4.69, 9.17) is 9.47 Å². The lowest BCUT2D eigenvalue weighted by Gasteiger charge is -2.40. The van der Waals surface area contributed by atoms with E-state index in [1.165, 1.54) is 276 Å². The number of aliphatic hydroxyl groups excluding tert-OH is 5. The minimum atomic E-state index is -1.55. The number of aliphatic hydroxyl groups is 5. The van der Waals surface area contributed by atoms with Gasteiger partial charge in [-0.15, -0.1) is 0 Å². The highest BCUT2D eigenvalue weighted by Gasteiger charge is 2.44. The van der Waals surface area contributed by atoms with Gasteiger partial charge in [0.1, 0.15) is 24.4 Å². The standard InChI is InChI=1S/C63H125NO8/c1-3-5-7-9-11-13-15-17-19-21-23-25-26-27-28-29-30-31-32-33-34-36-38-40-42-44-46-48-50-52-57(66)56(55-71-63-62(70)61(69)60(68)58(54-65)72-63)64-59(67)53-51-49-47-45-43-41-39-37-35-24-22-20-18-16-14-12-10-8-6-4-2/h56-58,60-63,65-66,68-70H,3-55H2,1-2H3,(H,64,67). The summed E-state index contributed by atoms with van der Waals surface area (Å²) in [5, 5.41) is 54.8. The lowest BCUT2D eigenvalue weighted by Crippen LogP contribution is -2.60.